The summed E-state index contributed by atoms with van der Waals surface area (Å²) >= 11 is 0. The van der Waals surface area contributed by atoms with Crippen molar-refractivity contribution in [2.24, 2.45) is 5.14 Å². The predicted octanol–water partition coefficient (Wildman–Crippen LogP) is 1.96. The number of sulfonamides is 1. The number of nitrogens with zero attached hydrogens (tertiary/aromatic N) is 3. The summed E-state index contributed by atoms with van der Waals surface area (Å²) in [6, 6.07) is 10.6. The highest BCUT2D eigenvalue weighted by Crippen LogP contribution is 2.27. The zero-order valence-corrected chi connectivity index (χ0v) is 16.2. The number of anilines is 3. The van der Waals surface area contributed by atoms with Crippen LogP contribution in [0.4, 0.5) is 21.7 Å². The maximum Gasteiger partial charge on any atom is 0.230 e. The first kappa shape index (κ1) is 20.6. The van der Waals surface area contributed by atoms with Crippen molar-refractivity contribution in [2.75, 3.05) is 10.6 Å². The van der Waals surface area contributed by atoms with E-state index < -0.39 is 22.1 Å². The van der Waals surface area contributed by atoms with Gasteiger partial charge < -0.3 is 15.7 Å². The van der Waals surface area contributed by atoms with Gasteiger partial charge in [0.05, 0.1) is 11.4 Å². The maximum absolute atomic E-state index is 13.6. The summed E-state index contributed by atoms with van der Waals surface area (Å²) < 4.78 is 36.2. The van der Waals surface area contributed by atoms with Crippen molar-refractivity contribution in [3.8, 4) is 11.4 Å². The van der Waals surface area contributed by atoms with Crippen molar-refractivity contribution in [3.63, 3.8) is 0 Å². The molecule has 1 heterocycles. The molecule has 0 aliphatic heterocycles. The summed E-state index contributed by atoms with van der Waals surface area (Å²) in [6.45, 7) is 1.50. The first-order valence-corrected chi connectivity index (χ1v) is 10.2. The lowest BCUT2D eigenvalue weighted by Gasteiger charge is -2.14. The number of hydrogen-bond donors (Lipinski definition) is 4. The first-order valence-electron chi connectivity index (χ1n) is 8.49. The van der Waals surface area contributed by atoms with Crippen molar-refractivity contribution >= 4 is 27.3 Å². The zero-order chi connectivity index (χ0) is 21.0. The van der Waals surface area contributed by atoms with Gasteiger partial charge in [-0.1, -0.05) is 12.1 Å². The fraction of sp³-hybridized carbons (Fsp3) is 0.167. The second-order valence-corrected chi connectivity index (χ2v) is 7.89. The van der Waals surface area contributed by atoms with Crippen molar-refractivity contribution in [2.45, 2.75) is 18.9 Å². The Morgan fingerprint density at radius 2 is 2.00 bits per heavy atom. The molecule has 1 unspecified atom stereocenters. The van der Waals surface area contributed by atoms with Gasteiger partial charge >= 0.3 is 0 Å². The van der Waals surface area contributed by atoms with E-state index in [-0.39, 0.29) is 17.5 Å². The molecular weight excluding hydrogens is 399 g/mol. The lowest BCUT2D eigenvalue weighted by atomic mass is 10.1. The second kappa shape index (κ2) is 8.47. The van der Waals surface area contributed by atoms with Crippen LogP contribution in [0.15, 0.2) is 48.8 Å². The highest BCUT2D eigenvalue weighted by Gasteiger charge is 2.12. The molecular formula is C18H19FN6O3S. The molecule has 3 rings (SSSR count). The highest BCUT2D eigenvalue weighted by molar-refractivity contribution is 7.88. The summed E-state index contributed by atoms with van der Waals surface area (Å²) in [5, 5.41) is 20.4. The molecule has 29 heavy (non-hydrogen) atoms. The van der Waals surface area contributed by atoms with Crippen LogP contribution in [0.5, 0.6) is 0 Å². The van der Waals surface area contributed by atoms with Gasteiger partial charge in [-0.15, -0.1) is 0 Å². The number of nitrogens with one attached hydrogen (secondary N) is 2. The van der Waals surface area contributed by atoms with Crippen molar-refractivity contribution < 1.29 is 17.9 Å². The average Bonchev–Trinajstić information content (AvgIpc) is 2.60. The number of aromatic nitrogens is 3. The van der Waals surface area contributed by atoms with E-state index >= 15 is 0 Å². The molecule has 0 aliphatic rings. The molecule has 152 valence electrons. The Bertz CT molecular complexity index is 1120. The van der Waals surface area contributed by atoms with E-state index in [1.165, 1.54) is 31.5 Å². The highest BCUT2D eigenvalue weighted by atomic mass is 32.2. The summed E-state index contributed by atoms with van der Waals surface area (Å²) in [5.41, 5.74) is 1.87. The third-order valence-corrected chi connectivity index (χ3v) is 4.45. The summed E-state index contributed by atoms with van der Waals surface area (Å²) in [6.07, 6.45) is 0.380. The van der Waals surface area contributed by atoms with Gasteiger partial charge in [-0.3, -0.25) is 0 Å². The molecule has 0 fully saturated rings. The quantitative estimate of drug-likeness (QED) is 0.426. The Balaban J connectivity index is 1.89. The van der Waals surface area contributed by atoms with E-state index in [2.05, 4.69) is 25.6 Å². The van der Waals surface area contributed by atoms with E-state index in [1.807, 2.05) is 0 Å². The Kier molecular flexibility index (Phi) is 6.01. The molecule has 0 saturated carbocycles. The number of benzene rings is 2. The van der Waals surface area contributed by atoms with E-state index in [1.54, 1.807) is 24.3 Å². The molecule has 1 aromatic heterocycles. The summed E-state index contributed by atoms with van der Waals surface area (Å²) in [7, 11) is -3.65. The van der Waals surface area contributed by atoms with E-state index in [0.29, 0.717) is 22.5 Å². The minimum absolute atomic E-state index is 0.204. The zero-order valence-electron chi connectivity index (χ0n) is 15.4. The van der Waals surface area contributed by atoms with Crippen molar-refractivity contribution in [3.05, 3.63) is 60.2 Å². The monoisotopic (exact) mass is 418 g/mol. The largest absolute Gasteiger partial charge is 0.374 e. The van der Waals surface area contributed by atoms with Crippen LogP contribution in [0.3, 0.4) is 0 Å². The summed E-state index contributed by atoms with van der Waals surface area (Å²) in [4.78, 5) is 12.5. The van der Waals surface area contributed by atoms with Crippen LogP contribution in [0.1, 0.15) is 12.5 Å². The number of nitrogens with two attached hydrogens (primary N) is 1. The van der Waals surface area contributed by atoms with Gasteiger partial charge in [0, 0.05) is 11.3 Å². The Morgan fingerprint density at radius 3 is 2.72 bits per heavy atom. The van der Waals surface area contributed by atoms with Gasteiger partial charge in [0.2, 0.25) is 16.0 Å². The molecule has 2 aromatic carbocycles. The van der Waals surface area contributed by atoms with Crippen LogP contribution < -0.4 is 15.8 Å². The smallest absolute Gasteiger partial charge is 0.230 e. The van der Waals surface area contributed by atoms with E-state index in [4.69, 9.17) is 5.14 Å². The number of aliphatic hydroxyl groups excluding tert-OH is 1. The van der Waals surface area contributed by atoms with Crippen LogP contribution in [-0.4, -0.2) is 34.7 Å². The number of hydrogen-bond acceptors (Lipinski definition) is 8. The summed E-state index contributed by atoms with van der Waals surface area (Å²) in [5.74, 6) is -0.313. The molecule has 9 nitrogen and oxygen atoms in total. The molecule has 1 atom stereocenters. The Hall–Kier alpha value is -3.15. The number of halogens is 1. The van der Waals surface area contributed by atoms with E-state index in [9.17, 15) is 17.9 Å². The van der Waals surface area contributed by atoms with Crippen LogP contribution in [-0.2, 0) is 15.8 Å². The molecule has 0 saturated heterocycles. The number of aliphatic hydroxyl groups is 1. The molecule has 0 radical (unpaired) electrons. The van der Waals surface area contributed by atoms with Crippen LogP contribution in [0.2, 0.25) is 0 Å². The second-order valence-electron chi connectivity index (χ2n) is 6.28. The van der Waals surface area contributed by atoms with Crippen LogP contribution in [0, 0.1) is 5.82 Å². The molecule has 0 spiro atoms. The van der Waals surface area contributed by atoms with Gasteiger partial charge in [0.25, 0.3) is 0 Å². The van der Waals surface area contributed by atoms with Gasteiger partial charge in [0.15, 0.2) is 5.82 Å². The lowest BCUT2D eigenvalue weighted by Crippen LogP contribution is -2.14. The van der Waals surface area contributed by atoms with Crippen molar-refractivity contribution in [1.82, 2.24) is 15.0 Å². The van der Waals surface area contributed by atoms with E-state index in [0.717, 1.165) is 0 Å². The predicted molar refractivity (Wildman–Crippen MR) is 107 cm³/mol. The molecule has 3 aromatic rings. The Morgan fingerprint density at radius 1 is 1.21 bits per heavy atom. The fourth-order valence-electron chi connectivity index (χ4n) is 2.64. The molecule has 5 N–H and O–H groups in total. The molecule has 0 bridgehead atoms. The number of rotatable bonds is 7. The lowest BCUT2D eigenvalue weighted by molar-refractivity contribution is 0.224. The molecule has 0 aliphatic carbocycles. The molecule has 0 amide bonds. The van der Waals surface area contributed by atoms with Gasteiger partial charge in [-0.25, -0.2) is 27.9 Å². The standard InChI is InChI=1S/C18H19FN6O3S/c1-11(26)23-16-8-13(19)5-6-15(16)17-21-10-22-18(25-17)24-14-4-2-3-12(7-14)9-29(20,27)28/h2-8,10-11,23,26H,9H2,1H3,(H2,20,27,28)(H,21,22,24,25). The third-order valence-electron chi connectivity index (χ3n) is 3.71. The Labute approximate surface area is 166 Å². The number of primary sulfonamides is 1. The maximum atomic E-state index is 13.6. The first-order chi connectivity index (χ1) is 13.7. The van der Waals surface area contributed by atoms with Crippen LogP contribution in [0.25, 0.3) is 11.4 Å². The van der Waals surface area contributed by atoms with Gasteiger partial charge in [-0.05, 0) is 42.8 Å². The SMILES string of the molecule is CC(O)Nc1cc(F)ccc1-c1ncnc(Nc2cccc(CS(N)(=O)=O)c2)n1. The molecule has 11 heteroatoms. The van der Waals surface area contributed by atoms with Crippen LogP contribution >= 0.6 is 0 Å². The van der Waals surface area contributed by atoms with Crippen molar-refractivity contribution in [1.29, 1.82) is 0 Å². The normalized spacial score (nSPS) is 12.4. The minimum Gasteiger partial charge on any atom is -0.374 e. The minimum atomic E-state index is -3.65. The topological polar surface area (TPSA) is 143 Å². The fourth-order valence-corrected chi connectivity index (χ4v) is 3.29. The average molecular weight is 418 g/mol. The third kappa shape index (κ3) is 5.91. The van der Waals surface area contributed by atoms with Gasteiger partial charge in [-0.2, -0.15) is 4.98 Å². The van der Waals surface area contributed by atoms with Gasteiger partial charge in [0.1, 0.15) is 18.4 Å².